The zero-order valence-electron chi connectivity index (χ0n) is 22.8. The van der Waals surface area contributed by atoms with E-state index in [0.29, 0.717) is 21.7 Å². The summed E-state index contributed by atoms with van der Waals surface area (Å²) >= 11 is 5.98. The molecule has 0 fully saturated rings. The number of hydrogen-bond acceptors (Lipinski definition) is 5. The van der Waals surface area contributed by atoms with E-state index in [1.165, 1.54) is 6.07 Å². The first-order valence-electron chi connectivity index (χ1n) is 13.5. The summed E-state index contributed by atoms with van der Waals surface area (Å²) < 4.78 is 5.29. The van der Waals surface area contributed by atoms with E-state index in [1.807, 2.05) is 36.4 Å². The number of hydrogen-bond donors (Lipinski definition) is 4. The number of benzene rings is 3. The molecule has 2 unspecified atom stereocenters. The molecule has 2 aromatic heterocycles. The Bertz CT molecular complexity index is 1810. The molecule has 10 heteroatoms. The summed E-state index contributed by atoms with van der Waals surface area (Å²) in [5.74, 6) is -1.70. The second-order valence-corrected chi connectivity index (χ2v) is 10.3. The Morgan fingerprint density at radius 1 is 0.833 bits per heavy atom. The quantitative estimate of drug-likeness (QED) is 0.182. The number of pyridine rings is 1. The fraction of sp³-hybridized carbons (Fsp3) is 0.188. The molecular weight excluding hydrogens is 556 g/mol. The Kier molecular flexibility index (Phi) is 8.68. The van der Waals surface area contributed by atoms with Crippen molar-refractivity contribution in [2.75, 3.05) is 6.61 Å². The van der Waals surface area contributed by atoms with Crippen LogP contribution in [0.4, 0.5) is 0 Å². The molecule has 5 aromatic rings. The van der Waals surface area contributed by atoms with Crippen LogP contribution >= 0.6 is 11.6 Å². The van der Waals surface area contributed by atoms with Crippen molar-refractivity contribution in [2.45, 2.75) is 31.8 Å². The normalized spacial score (nSPS) is 12.5. The van der Waals surface area contributed by atoms with Gasteiger partial charge in [-0.1, -0.05) is 48.0 Å². The maximum atomic E-state index is 13.9. The molecule has 0 bridgehead atoms. The molecule has 2 heterocycles. The van der Waals surface area contributed by atoms with E-state index in [9.17, 15) is 19.2 Å². The zero-order valence-corrected chi connectivity index (χ0v) is 23.5. The molecule has 0 radical (unpaired) electrons. The van der Waals surface area contributed by atoms with Crippen molar-refractivity contribution < 1.29 is 19.1 Å². The van der Waals surface area contributed by atoms with Crippen LogP contribution in [0.25, 0.3) is 21.8 Å². The summed E-state index contributed by atoms with van der Waals surface area (Å²) in [4.78, 5) is 58.5. The van der Waals surface area contributed by atoms with Crippen LogP contribution in [-0.2, 0) is 27.2 Å². The summed E-state index contributed by atoms with van der Waals surface area (Å²) in [6.07, 6.45) is 1.96. The average molecular weight is 585 g/mol. The summed E-state index contributed by atoms with van der Waals surface area (Å²) in [7, 11) is 0. The topological polar surface area (TPSA) is 133 Å². The van der Waals surface area contributed by atoms with Crippen LogP contribution in [0, 0.1) is 0 Å². The highest BCUT2D eigenvalue weighted by atomic mass is 35.5. The molecule has 2 amide bonds. The van der Waals surface area contributed by atoms with E-state index in [4.69, 9.17) is 16.3 Å². The number of rotatable bonds is 10. The van der Waals surface area contributed by atoms with Crippen LogP contribution in [0.2, 0.25) is 5.02 Å². The Morgan fingerprint density at radius 2 is 1.48 bits per heavy atom. The standard InChI is InChI=1S/C32H29ClN4O5/c1-2-42-32(41)28(16-21-18-34-25-9-5-3-8-24(21)25)37-31(40)27(36-30(39)19-11-13-22(33)14-12-19)15-20-17-29(38)35-26-10-6-4-7-23(20)26/h3-14,17-18,27-28,34H,2,15-16H2,1H3,(H,35,38)(H,36,39)(H,37,40). The molecule has 214 valence electrons. The van der Waals surface area contributed by atoms with Gasteiger partial charge in [0, 0.05) is 57.5 Å². The Labute approximate surface area is 246 Å². The molecular formula is C32H29ClN4O5. The number of nitrogens with one attached hydrogen (secondary N) is 4. The van der Waals surface area contributed by atoms with Gasteiger partial charge >= 0.3 is 5.97 Å². The molecule has 9 nitrogen and oxygen atoms in total. The lowest BCUT2D eigenvalue weighted by molar-refractivity contribution is -0.147. The number of amides is 2. The van der Waals surface area contributed by atoms with Gasteiger partial charge in [0.1, 0.15) is 12.1 Å². The molecule has 0 spiro atoms. The Morgan fingerprint density at radius 3 is 2.19 bits per heavy atom. The third-order valence-electron chi connectivity index (χ3n) is 6.98. The van der Waals surface area contributed by atoms with Gasteiger partial charge in [0.15, 0.2) is 0 Å². The maximum absolute atomic E-state index is 13.9. The smallest absolute Gasteiger partial charge is 0.328 e. The van der Waals surface area contributed by atoms with Crippen LogP contribution in [0.5, 0.6) is 0 Å². The monoisotopic (exact) mass is 584 g/mol. The number of H-pyrrole nitrogens is 2. The van der Waals surface area contributed by atoms with E-state index in [-0.39, 0.29) is 25.0 Å². The molecule has 0 aliphatic carbocycles. The van der Waals surface area contributed by atoms with Crippen molar-refractivity contribution in [3.8, 4) is 0 Å². The fourth-order valence-electron chi connectivity index (χ4n) is 4.95. The third-order valence-corrected chi connectivity index (χ3v) is 7.23. The molecule has 42 heavy (non-hydrogen) atoms. The van der Waals surface area contributed by atoms with Crippen molar-refractivity contribution in [1.82, 2.24) is 20.6 Å². The number of para-hydroxylation sites is 2. The van der Waals surface area contributed by atoms with Crippen molar-refractivity contribution >= 4 is 51.2 Å². The molecule has 0 saturated heterocycles. The summed E-state index contributed by atoms with van der Waals surface area (Å²) in [6, 6.07) is 20.4. The lowest BCUT2D eigenvalue weighted by Gasteiger charge is -2.23. The van der Waals surface area contributed by atoms with Crippen molar-refractivity contribution in [2.24, 2.45) is 0 Å². The van der Waals surface area contributed by atoms with Crippen LogP contribution in [0.3, 0.4) is 0 Å². The largest absolute Gasteiger partial charge is 0.464 e. The molecule has 3 aromatic carbocycles. The molecule has 0 aliphatic rings. The SMILES string of the molecule is CCOC(=O)C(Cc1c[nH]c2ccccc12)NC(=O)C(Cc1cc(=O)[nH]c2ccccc12)NC(=O)c1ccc(Cl)cc1. The van der Waals surface area contributed by atoms with Crippen LogP contribution in [-0.4, -0.2) is 46.4 Å². The van der Waals surface area contributed by atoms with Crippen molar-refractivity contribution in [3.63, 3.8) is 0 Å². The average Bonchev–Trinajstić information content (AvgIpc) is 3.39. The predicted octanol–water partition coefficient (Wildman–Crippen LogP) is 4.29. The minimum absolute atomic E-state index is 0.00176. The van der Waals surface area contributed by atoms with Gasteiger partial charge in [-0.2, -0.15) is 0 Å². The lowest BCUT2D eigenvalue weighted by Crippen LogP contribution is -2.53. The van der Waals surface area contributed by atoms with Gasteiger partial charge in [-0.25, -0.2) is 4.79 Å². The maximum Gasteiger partial charge on any atom is 0.328 e. The zero-order chi connectivity index (χ0) is 29.6. The summed E-state index contributed by atoms with van der Waals surface area (Å²) in [5.41, 5.74) is 2.86. The lowest BCUT2D eigenvalue weighted by atomic mass is 9.99. The van der Waals surface area contributed by atoms with Crippen LogP contribution in [0.15, 0.2) is 89.9 Å². The molecule has 2 atom stereocenters. The highest BCUT2D eigenvalue weighted by Crippen LogP contribution is 2.20. The number of fused-ring (bicyclic) bond motifs is 2. The van der Waals surface area contributed by atoms with Gasteiger partial charge in [0.2, 0.25) is 11.5 Å². The number of aromatic amines is 2. The number of halogens is 1. The molecule has 4 N–H and O–H groups in total. The van der Waals surface area contributed by atoms with E-state index in [0.717, 1.165) is 21.9 Å². The number of aromatic nitrogens is 2. The second kappa shape index (κ2) is 12.7. The predicted molar refractivity (Wildman–Crippen MR) is 162 cm³/mol. The molecule has 0 saturated carbocycles. The van der Waals surface area contributed by atoms with E-state index in [1.54, 1.807) is 49.5 Å². The molecule has 5 rings (SSSR count). The number of ether oxygens (including phenoxy) is 1. The summed E-state index contributed by atoms with van der Waals surface area (Å²) in [6.45, 7) is 1.82. The summed E-state index contributed by atoms with van der Waals surface area (Å²) in [5, 5.41) is 7.71. The number of carbonyl (C=O) groups is 3. The van der Waals surface area contributed by atoms with Crippen molar-refractivity contribution in [3.05, 3.63) is 117 Å². The third kappa shape index (κ3) is 6.53. The van der Waals surface area contributed by atoms with E-state index in [2.05, 4.69) is 20.6 Å². The van der Waals surface area contributed by atoms with E-state index < -0.39 is 29.9 Å². The highest BCUT2D eigenvalue weighted by molar-refractivity contribution is 6.30. The fourth-order valence-corrected chi connectivity index (χ4v) is 5.07. The van der Waals surface area contributed by atoms with Crippen molar-refractivity contribution in [1.29, 1.82) is 0 Å². The van der Waals surface area contributed by atoms with Gasteiger partial charge in [-0.3, -0.25) is 14.4 Å². The van der Waals surface area contributed by atoms with Crippen LogP contribution in [0.1, 0.15) is 28.4 Å². The first kappa shape index (κ1) is 28.6. The Balaban J connectivity index is 1.46. The minimum Gasteiger partial charge on any atom is -0.464 e. The minimum atomic E-state index is -1.13. The highest BCUT2D eigenvalue weighted by Gasteiger charge is 2.29. The van der Waals surface area contributed by atoms with Crippen LogP contribution < -0.4 is 16.2 Å². The van der Waals surface area contributed by atoms with E-state index >= 15 is 0 Å². The molecule has 0 aliphatic heterocycles. The first-order valence-corrected chi connectivity index (χ1v) is 13.9. The van der Waals surface area contributed by atoms with Gasteiger partial charge in [0.25, 0.3) is 5.91 Å². The number of carbonyl (C=O) groups excluding carboxylic acids is 3. The number of esters is 1. The van der Waals surface area contributed by atoms with Gasteiger partial charge in [0.05, 0.1) is 6.61 Å². The van der Waals surface area contributed by atoms with Gasteiger partial charge in [-0.15, -0.1) is 0 Å². The Hall–Kier alpha value is -4.89. The first-order chi connectivity index (χ1) is 20.3. The second-order valence-electron chi connectivity index (χ2n) is 9.82. The van der Waals surface area contributed by atoms with Gasteiger partial charge < -0.3 is 25.3 Å². The van der Waals surface area contributed by atoms with Gasteiger partial charge in [-0.05, 0) is 54.4 Å².